The Bertz CT molecular complexity index is 313. The fourth-order valence-corrected chi connectivity index (χ4v) is 2.61. The van der Waals surface area contributed by atoms with E-state index in [1.807, 2.05) is 23.9 Å². The van der Waals surface area contributed by atoms with Crippen molar-refractivity contribution in [3.05, 3.63) is 38.6 Å². The first kappa shape index (κ1) is 10.2. The summed E-state index contributed by atoms with van der Waals surface area (Å²) in [5, 5.41) is 1.84. The molecule has 13 heavy (non-hydrogen) atoms. The van der Waals surface area contributed by atoms with Crippen LogP contribution in [0.4, 0.5) is 0 Å². The Hall–Kier alpha value is 0.630. The van der Waals surface area contributed by atoms with Gasteiger partial charge >= 0.3 is 0 Å². The highest BCUT2D eigenvalue weighted by Gasteiger charge is 2.22. The minimum absolute atomic E-state index is 0.475. The summed E-state index contributed by atoms with van der Waals surface area (Å²) >= 11 is 17.2. The van der Waals surface area contributed by atoms with Gasteiger partial charge in [0.1, 0.15) is 0 Å². The van der Waals surface area contributed by atoms with Crippen LogP contribution in [0.3, 0.4) is 0 Å². The van der Waals surface area contributed by atoms with Gasteiger partial charge in [0.05, 0.1) is 14.5 Å². The van der Waals surface area contributed by atoms with E-state index in [9.17, 15) is 0 Å². The van der Waals surface area contributed by atoms with Crippen LogP contribution in [0.2, 0.25) is 10.0 Å². The summed E-state index contributed by atoms with van der Waals surface area (Å²) in [5.74, 6) is 1.12. The van der Waals surface area contributed by atoms with Gasteiger partial charge < -0.3 is 0 Å². The molecule has 0 aliphatic carbocycles. The summed E-state index contributed by atoms with van der Waals surface area (Å²) in [5.41, 5.74) is 1.19. The van der Waals surface area contributed by atoms with Gasteiger partial charge in [-0.3, -0.25) is 0 Å². The van der Waals surface area contributed by atoms with Gasteiger partial charge in [0.15, 0.2) is 0 Å². The summed E-state index contributed by atoms with van der Waals surface area (Å²) in [7, 11) is 0. The third kappa shape index (κ3) is 2.01. The zero-order valence-corrected chi connectivity index (χ0v) is 10.5. The molecule has 1 saturated heterocycles. The molecule has 4 heteroatoms. The molecule has 1 atom stereocenters. The maximum Gasteiger partial charge on any atom is 0.0566 e. The molecule has 0 nitrogen and oxygen atoms in total. The van der Waals surface area contributed by atoms with Crippen molar-refractivity contribution < 1.29 is 0 Å². The normalized spacial score (nSPS) is 21.3. The van der Waals surface area contributed by atoms with Crippen LogP contribution in [0, 0.1) is 6.42 Å². The SMILES string of the molecule is Clc1cc(C2[CH]CS2)cc(Cl)c1Br. The van der Waals surface area contributed by atoms with Gasteiger partial charge in [0.2, 0.25) is 0 Å². The van der Waals surface area contributed by atoms with Crippen LogP contribution in [-0.2, 0) is 0 Å². The van der Waals surface area contributed by atoms with E-state index in [1.54, 1.807) is 0 Å². The van der Waals surface area contributed by atoms with Crippen molar-refractivity contribution in [1.29, 1.82) is 0 Å². The Kier molecular flexibility index (Phi) is 3.14. The monoisotopic (exact) mass is 295 g/mol. The van der Waals surface area contributed by atoms with Crippen LogP contribution in [0.25, 0.3) is 0 Å². The quantitative estimate of drug-likeness (QED) is 0.674. The van der Waals surface area contributed by atoms with Gasteiger partial charge in [-0.25, -0.2) is 0 Å². The predicted molar refractivity (Wildman–Crippen MR) is 63.7 cm³/mol. The number of thioether (sulfide) groups is 1. The first-order valence-electron chi connectivity index (χ1n) is 3.78. The molecule has 0 saturated carbocycles. The molecule has 0 spiro atoms. The van der Waals surface area contributed by atoms with E-state index in [-0.39, 0.29) is 0 Å². The smallest absolute Gasteiger partial charge is 0.0566 e. The minimum atomic E-state index is 0.475. The molecule has 1 aromatic rings. The molecule has 1 aliphatic rings. The largest absolute Gasteiger partial charge is 0.153 e. The molecule has 1 radical (unpaired) electrons. The first-order chi connectivity index (χ1) is 6.18. The minimum Gasteiger partial charge on any atom is -0.153 e. The van der Waals surface area contributed by atoms with Crippen LogP contribution in [0.5, 0.6) is 0 Å². The molecular weight excluding hydrogens is 291 g/mol. The molecule has 1 unspecified atom stereocenters. The number of rotatable bonds is 1. The Morgan fingerprint density at radius 3 is 2.23 bits per heavy atom. The van der Waals surface area contributed by atoms with E-state index in [0.29, 0.717) is 15.3 Å². The van der Waals surface area contributed by atoms with E-state index in [2.05, 4.69) is 22.4 Å². The first-order valence-corrected chi connectivity index (χ1v) is 6.37. The summed E-state index contributed by atoms with van der Waals surface area (Å²) in [6, 6.07) is 3.93. The van der Waals surface area contributed by atoms with Gasteiger partial charge in [-0.05, 0) is 45.8 Å². The zero-order chi connectivity index (χ0) is 9.42. The maximum atomic E-state index is 5.99. The second kappa shape index (κ2) is 4.01. The van der Waals surface area contributed by atoms with Crippen LogP contribution in [-0.4, -0.2) is 5.75 Å². The Balaban J connectivity index is 2.37. The van der Waals surface area contributed by atoms with Crippen molar-refractivity contribution in [3.63, 3.8) is 0 Å². The number of benzene rings is 1. The van der Waals surface area contributed by atoms with E-state index >= 15 is 0 Å². The average Bonchev–Trinajstić information content (AvgIpc) is 1.96. The molecule has 1 aliphatic heterocycles. The highest BCUT2D eigenvalue weighted by molar-refractivity contribution is 9.10. The Morgan fingerprint density at radius 2 is 1.85 bits per heavy atom. The molecule has 0 amide bonds. The highest BCUT2D eigenvalue weighted by atomic mass is 79.9. The molecule has 1 fully saturated rings. The van der Waals surface area contributed by atoms with Crippen molar-refractivity contribution in [1.82, 2.24) is 0 Å². The standard InChI is InChI=1S/C9H6BrCl2S/c10-9-6(11)3-5(4-7(9)12)8-1-2-13-8/h1,3-4,8H,2H2. The summed E-state index contributed by atoms with van der Waals surface area (Å²) in [4.78, 5) is 0. The van der Waals surface area contributed by atoms with E-state index in [0.717, 1.165) is 10.2 Å². The number of halogens is 3. The maximum absolute atomic E-state index is 5.99. The average molecular weight is 297 g/mol. The van der Waals surface area contributed by atoms with Gasteiger partial charge in [0.25, 0.3) is 0 Å². The third-order valence-corrected chi connectivity index (χ3v) is 5.04. The summed E-state index contributed by atoms with van der Waals surface area (Å²) < 4.78 is 0.781. The van der Waals surface area contributed by atoms with Crippen LogP contribution < -0.4 is 0 Å². The summed E-state index contributed by atoms with van der Waals surface area (Å²) in [6.45, 7) is 0. The lowest BCUT2D eigenvalue weighted by Gasteiger charge is -2.25. The topological polar surface area (TPSA) is 0 Å². The molecule has 1 aromatic carbocycles. The Labute approximate surface area is 100 Å². The van der Waals surface area contributed by atoms with Crippen molar-refractivity contribution in [2.24, 2.45) is 0 Å². The van der Waals surface area contributed by atoms with Crippen molar-refractivity contribution >= 4 is 50.9 Å². The van der Waals surface area contributed by atoms with Crippen LogP contribution >= 0.6 is 50.9 Å². The van der Waals surface area contributed by atoms with Crippen molar-refractivity contribution in [2.45, 2.75) is 5.25 Å². The lowest BCUT2D eigenvalue weighted by Crippen LogP contribution is -2.07. The summed E-state index contributed by atoms with van der Waals surface area (Å²) in [6.07, 6.45) is 2.25. The fraction of sp³-hybridized carbons (Fsp3) is 0.222. The predicted octanol–water partition coefficient (Wildman–Crippen LogP) is 4.75. The molecular formula is C9H6BrCl2S. The molecule has 0 aromatic heterocycles. The van der Waals surface area contributed by atoms with Gasteiger partial charge in [-0.1, -0.05) is 23.2 Å². The second-order valence-electron chi connectivity index (χ2n) is 2.79. The molecule has 1 heterocycles. The highest BCUT2D eigenvalue weighted by Crippen LogP contribution is 2.44. The Morgan fingerprint density at radius 1 is 1.31 bits per heavy atom. The number of hydrogen-bond acceptors (Lipinski definition) is 1. The van der Waals surface area contributed by atoms with Gasteiger partial charge in [-0.15, -0.1) is 0 Å². The lowest BCUT2D eigenvalue weighted by molar-refractivity contribution is 1.06. The number of hydrogen-bond donors (Lipinski definition) is 0. The zero-order valence-electron chi connectivity index (χ0n) is 6.56. The van der Waals surface area contributed by atoms with Crippen molar-refractivity contribution in [3.8, 4) is 0 Å². The third-order valence-electron chi connectivity index (χ3n) is 1.92. The molecule has 2 rings (SSSR count). The van der Waals surface area contributed by atoms with Crippen LogP contribution in [0.1, 0.15) is 10.8 Å². The molecule has 69 valence electrons. The van der Waals surface area contributed by atoms with E-state index in [1.165, 1.54) is 5.56 Å². The van der Waals surface area contributed by atoms with E-state index in [4.69, 9.17) is 23.2 Å². The second-order valence-corrected chi connectivity index (χ2v) is 5.57. The van der Waals surface area contributed by atoms with Gasteiger partial charge in [-0.2, -0.15) is 11.8 Å². The van der Waals surface area contributed by atoms with E-state index < -0.39 is 0 Å². The van der Waals surface area contributed by atoms with Crippen LogP contribution in [0.15, 0.2) is 16.6 Å². The lowest BCUT2D eigenvalue weighted by atomic mass is 10.1. The van der Waals surface area contributed by atoms with Crippen molar-refractivity contribution in [2.75, 3.05) is 5.75 Å². The molecule has 0 N–H and O–H groups in total. The molecule has 0 bridgehead atoms. The fourth-order valence-electron chi connectivity index (χ4n) is 1.16. The van der Waals surface area contributed by atoms with Gasteiger partial charge in [0, 0.05) is 5.25 Å².